The van der Waals surface area contributed by atoms with Gasteiger partial charge in [-0.1, -0.05) is 58.0 Å². The van der Waals surface area contributed by atoms with Crippen LogP contribution in [0.5, 0.6) is 0 Å². The lowest BCUT2D eigenvalue weighted by molar-refractivity contribution is -0.136. The lowest BCUT2D eigenvalue weighted by Crippen LogP contribution is -2.52. The fraction of sp³-hybridized carbons (Fsp3) is 0.500. The zero-order valence-electron chi connectivity index (χ0n) is 37.7. The molecule has 7 rings (SSSR count). The number of likely N-dealkylation sites (tertiary alicyclic amines) is 2. The third-order valence-corrected chi connectivity index (χ3v) is 11.5. The molecule has 0 spiro atoms. The van der Waals surface area contributed by atoms with Gasteiger partial charge in [-0.05, 0) is 125 Å². The van der Waals surface area contributed by atoms with Crippen molar-refractivity contribution in [1.82, 2.24) is 40.4 Å². The third-order valence-electron chi connectivity index (χ3n) is 11.5. The highest BCUT2D eigenvalue weighted by Gasteiger charge is 2.39. The fourth-order valence-corrected chi connectivity index (χ4v) is 8.50. The second kappa shape index (κ2) is 17.5. The summed E-state index contributed by atoms with van der Waals surface area (Å²) in [6.45, 7) is 19.6. The SMILES string of the molecule is CC(C)[C@H](NC(=O)OC(C)(C)C)C(=O)N1CCC[C@H]1c1ncc(-c2ccc3cc(-c4ccc5nc([C@@H]6CCCN6C(=O)[C@@H](NC(=O)OC(C)(C)C)C(C)C)[nH]c5c4)ccc3c2)[nH]1. The van der Waals surface area contributed by atoms with Crippen molar-refractivity contribution in [3.05, 3.63) is 72.4 Å². The van der Waals surface area contributed by atoms with Gasteiger partial charge in [-0.25, -0.2) is 19.6 Å². The zero-order chi connectivity index (χ0) is 44.7. The van der Waals surface area contributed by atoms with E-state index in [1.807, 2.05) is 49.8 Å². The molecule has 0 radical (unpaired) electrons. The average Bonchev–Trinajstić information content (AvgIpc) is 4.02. The first kappa shape index (κ1) is 44.1. The summed E-state index contributed by atoms with van der Waals surface area (Å²) < 4.78 is 10.9. The van der Waals surface area contributed by atoms with Crippen LogP contribution in [0.4, 0.5) is 9.59 Å². The molecule has 2 aliphatic rings. The summed E-state index contributed by atoms with van der Waals surface area (Å²) in [6.07, 6.45) is 3.84. The van der Waals surface area contributed by atoms with Crippen molar-refractivity contribution in [3.8, 4) is 22.4 Å². The van der Waals surface area contributed by atoms with Crippen LogP contribution >= 0.6 is 0 Å². The molecule has 2 fully saturated rings. The molecule has 5 aromatic rings. The Bertz CT molecular complexity index is 2460. The minimum absolute atomic E-state index is 0.129. The number of amides is 4. The number of benzene rings is 3. The molecular formula is C48H62N8O6. The van der Waals surface area contributed by atoms with Gasteiger partial charge in [0.2, 0.25) is 11.8 Å². The van der Waals surface area contributed by atoms with E-state index in [0.29, 0.717) is 13.1 Å². The first-order chi connectivity index (χ1) is 29.2. The van der Waals surface area contributed by atoms with Crippen LogP contribution in [0.25, 0.3) is 44.2 Å². The molecule has 4 atom stereocenters. The summed E-state index contributed by atoms with van der Waals surface area (Å²) in [4.78, 5) is 73.4. The topological polar surface area (TPSA) is 175 Å². The number of aromatic amines is 2. The number of nitrogens with one attached hydrogen (secondary N) is 4. The Balaban J connectivity index is 1.05. The first-order valence-electron chi connectivity index (χ1n) is 21.9. The smallest absolute Gasteiger partial charge is 0.408 e. The van der Waals surface area contributed by atoms with E-state index in [9.17, 15) is 19.2 Å². The molecule has 2 saturated heterocycles. The van der Waals surface area contributed by atoms with Crippen LogP contribution in [0.3, 0.4) is 0 Å². The zero-order valence-corrected chi connectivity index (χ0v) is 37.7. The molecule has 0 bridgehead atoms. The number of imidazole rings is 2. The number of carbonyl (C=O) groups is 4. The van der Waals surface area contributed by atoms with E-state index in [1.54, 1.807) is 41.5 Å². The molecule has 0 aliphatic carbocycles. The van der Waals surface area contributed by atoms with Gasteiger partial charge < -0.3 is 39.9 Å². The lowest BCUT2D eigenvalue weighted by atomic mass is 9.99. The standard InChI is InChI=1S/C48H62N8O6/c1-27(2)39(53-45(59)61-47(5,6)7)43(57)55-21-11-13-37(55)41-49-26-36(52-41)33-18-17-29-23-30(15-16-31(29)24-33)32-19-20-34-35(25-32)51-42(50-34)38-14-12-22-56(38)44(58)40(28(3)4)54-46(60)62-48(8,9)10/h15-20,23-28,37-40H,11-14,21-22H2,1-10H3,(H,49,52)(H,50,51)(H,53,59)(H,54,60)/t37-,38-,39-,40-/m0/s1. The third kappa shape index (κ3) is 9.90. The number of carbonyl (C=O) groups excluding carboxylic acids is 4. The van der Waals surface area contributed by atoms with Gasteiger partial charge in [0, 0.05) is 18.7 Å². The largest absolute Gasteiger partial charge is 0.444 e. The monoisotopic (exact) mass is 846 g/mol. The molecule has 2 aliphatic heterocycles. The van der Waals surface area contributed by atoms with Gasteiger partial charge in [0.25, 0.3) is 0 Å². The Hall–Kier alpha value is -5.92. The molecule has 4 N–H and O–H groups in total. The number of aromatic nitrogens is 4. The summed E-state index contributed by atoms with van der Waals surface area (Å²) in [5.74, 6) is 0.918. The molecule has 3 aromatic carbocycles. The van der Waals surface area contributed by atoms with Crippen molar-refractivity contribution in [2.24, 2.45) is 11.8 Å². The molecule has 62 heavy (non-hydrogen) atoms. The van der Waals surface area contributed by atoms with Gasteiger partial charge in [0.05, 0.1) is 35.0 Å². The summed E-state index contributed by atoms with van der Waals surface area (Å²) in [6, 6.07) is 17.0. The van der Waals surface area contributed by atoms with Gasteiger partial charge in [0.15, 0.2) is 0 Å². The van der Waals surface area contributed by atoms with Crippen LogP contribution in [0, 0.1) is 11.8 Å². The molecular weight excluding hydrogens is 785 g/mol. The predicted molar refractivity (Wildman–Crippen MR) is 240 cm³/mol. The number of hydrogen-bond acceptors (Lipinski definition) is 8. The highest BCUT2D eigenvalue weighted by Crippen LogP contribution is 2.36. The molecule has 2 aromatic heterocycles. The van der Waals surface area contributed by atoms with Crippen molar-refractivity contribution in [2.75, 3.05) is 13.1 Å². The molecule has 330 valence electrons. The molecule has 4 heterocycles. The van der Waals surface area contributed by atoms with Gasteiger partial charge >= 0.3 is 12.2 Å². The second-order valence-corrected chi connectivity index (χ2v) is 19.4. The normalized spacial score (nSPS) is 18.1. The van der Waals surface area contributed by atoms with Crippen LogP contribution in [0.1, 0.15) is 119 Å². The Labute approximate surface area is 363 Å². The number of H-pyrrole nitrogens is 2. The number of ether oxygens (including phenoxy) is 2. The Morgan fingerprint density at radius 1 is 0.661 bits per heavy atom. The number of alkyl carbamates (subject to hydrolysis) is 2. The van der Waals surface area contributed by atoms with Gasteiger partial charge in [-0.3, -0.25) is 9.59 Å². The molecule has 14 nitrogen and oxygen atoms in total. The maximum absolute atomic E-state index is 13.9. The highest BCUT2D eigenvalue weighted by atomic mass is 16.6. The van der Waals surface area contributed by atoms with E-state index in [0.717, 1.165) is 81.5 Å². The van der Waals surface area contributed by atoms with E-state index >= 15 is 0 Å². The summed E-state index contributed by atoms with van der Waals surface area (Å²) in [5, 5.41) is 7.79. The number of nitrogens with zero attached hydrogens (tertiary/aromatic N) is 4. The van der Waals surface area contributed by atoms with E-state index in [1.165, 1.54) is 0 Å². The minimum atomic E-state index is -0.720. The van der Waals surface area contributed by atoms with E-state index in [2.05, 4.69) is 69.1 Å². The summed E-state index contributed by atoms with van der Waals surface area (Å²) in [5.41, 5.74) is 4.31. The fourth-order valence-electron chi connectivity index (χ4n) is 8.50. The maximum atomic E-state index is 13.9. The Morgan fingerprint density at radius 3 is 1.68 bits per heavy atom. The molecule has 14 heteroatoms. The maximum Gasteiger partial charge on any atom is 0.408 e. The van der Waals surface area contributed by atoms with Crippen molar-refractivity contribution < 1.29 is 28.7 Å². The van der Waals surface area contributed by atoms with Gasteiger partial charge in [-0.15, -0.1) is 0 Å². The van der Waals surface area contributed by atoms with Crippen molar-refractivity contribution in [2.45, 2.75) is 130 Å². The minimum Gasteiger partial charge on any atom is -0.444 e. The van der Waals surface area contributed by atoms with Crippen LogP contribution in [-0.4, -0.2) is 90.1 Å². The number of hydrogen-bond donors (Lipinski definition) is 4. The lowest BCUT2D eigenvalue weighted by Gasteiger charge is -2.31. The van der Waals surface area contributed by atoms with Crippen molar-refractivity contribution in [3.63, 3.8) is 0 Å². The molecule has 0 unspecified atom stereocenters. The number of rotatable bonds is 10. The van der Waals surface area contributed by atoms with E-state index in [4.69, 9.17) is 19.4 Å². The van der Waals surface area contributed by atoms with Crippen LogP contribution in [-0.2, 0) is 19.1 Å². The van der Waals surface area contributed by atoms with Crippen molar-refractivity contribution >= 4 is 45.8 Å². The summed E-state index contributed by atoms with van der Waals surface area (Å²) in [7, 11) is 0. The van der Waals surface area contributed by atoms with Crippen LogP contribution < -0.4 is 10.6 Å². The molecule has 4 amide bonds. The van der Waals surface area contributed by atoms with E-state index in [-0.39, 0.29) is 35.7 Å². The average molecular weight is 847 g/mol. The molecule has 0 saturated carbocycles. The Morgan fingerprint density at radius 2 is 1.15 bits per heavy atom. The quantitative estimate of drug-likeness (QED) is 0.108. The second-order valence-electron chi connectivity index (χ2n) is 19.4. The predicted octanol–water partition coefficient (Wildman–Crippen LogP) is 9.20. The number of fused-ring (bicyclic) bond motifs is 2. The Kier molecular flexibility index (Phi) is 12.4. The van der Waals surface area contributed by atoms with Crippen LogP contribution in [0.15, 0.2) is 60.8 Å². The van der Waals surface area contributed by atoms with Crippen molar-refractivity contribution in [1.29, 1.82) is 0 Å². The van der Waals surface area contributed by atoms with Crippen LogP contribution in [0.2, 0.25) is 0 Å². The van der Waals surface area contributed by atoms with Gasteiger partial charge in [0.1, 0.15) is 34.9 Å². The first-order valence-corrected chi connectivity index (χ1v) is 21.9. The van der Waals surface area contributed by atoms with E-state index < -0.39 is 35.5 Å². The van der Waals surface area contributed by atoms with Gasteiger partial charge in [-0.2, -0.15) is 0 Å². The highest BCUT2D eigenvalue weighted by molar-refractivity contribution is 5.92. The summed E-state index contributed by atoms with van der Waals surface area (Å²) >= 11 is 0.